The van der Waals surface area contributed by atoms with Gasteiger partial charge in [-0.1, -0.05) is 6.07 Å². The number of nitrogens with two attached hydrogens (primary N) is 1. The summed E-state index contributed by atoms with van der Waals surface area (Å²) in [6, 6.07) is 2.81. The molecule has 0 fully saturated rings. The first-order chi connectivity index (χ1) is 7.00. The van der Waals surface area contributed by atoms with Gasteiger partial charge in [0.1, 0.15) is 11.9 Å². The van der Waals surface area contributed by atoms with Gasteiger partial charge in [0.25, 0.3) is 0 Å². The van der Waals surface area contributed by atoms with Crippen molar-refractivity contribution in [3.05, 3.63) is 23.9 Å². The van der Waals surface area contributed by atoms with Crippen molar-refractivity contribution in [1.82, 2.24) is 4.98 Å². The average molecular weight is 209 g/mol. The molecule has 0 aromatic carbocycles. The summed E-state index contributed by atoms with van der Waals surface area (Å²) < 4.78 is 0. The van der Waals surface area contributed by atoms with E-state index in [1.165, 1.54) is 0 Å². The van der Waals surface area contributed by atoms with E-state index in [9.17, 15) is 4.79 Å². The molecule has 1 aromatic heterocycles. The Morgan fingerprint density at radius 2 is 2.27 bits per heavy atom. The quantitative estimate of drug-likeness (QED) is 0.735. The summed E-state index contributed by atoms with van der Waals surface area (Å²) in [6.07, 6.45) is 1.95. The Labute approximate surface area is 88.5 Å². The molecule has 1 atom stereocenters. The zero-order valence-corrected chi connectivity index (χ0v) is 8.84. The zero-order chi connectivity index (χ0) is 11.4. The van der Waals surface area contributed by atoms with Crippen LogP contribution in [0.1, 0.15) is 5.56 Å². The van der Waals surface area contributed by atoms with Gasteiger partial charge in [0.15, 0.2) is 0 Å². The number of hydrogen-bond donors (Lipinski definition) is 2. The fourth-order valence-corrected chi connectivity index (χ4v) is 1.14. The summed E-state index contributed by atoms with van der Waals surface area (Å²) >= 11 is 0. The van der Waals surface area contributed by atoms with Gasteiger partial charge in [-0.05, 0) is 18.1 Å². The molecule has 1 aromatic rings. The van der Waals surface area contributed by atoms with Gasteiger partial charge in [-0.15, -0.1) is 0 Å². The van der Waals surface area contributed by atoms with Crippen LogP contribution in [0.3, 0.4) is 0 Å². The summed E-state index contributed by atoms with van der Waals surface area (Å²) in [5.74, 6) is -0.158. The van der Waals surface area contributed by atoms with Crippen LogP contribution < -0.4 is 10.6 Å². The van der Waals surface area contributed by atoms with E-state index in [4.69, 9.17) is 10.8 Å². The van der Waals surface area contributed by atoms with Crippen molar-refractivity contribution in [3.63, 3.8) is 0 Å². The number of carbonyl (C=O) groups is 1. The number of carboxylic acid groups (broad SMARTS) is 1. The Hall–Kier alpha value is -1.62. The molecule has 3 N–H and O–H groups in total. The predicted octanol–water partition coefficient (Wildman–Crippen LogP) is 0.102. The molecule has 0 saturated heterocycles. The van der Waals surface area contributed by atoms with Crippen molar-refractivity contribution in [2.75, 3.05) is 19.0 Å². The normalized spacial score (nSPS) is 12.2. The highest BCUT2D eigenvalue weighted by atomic mass is 16.4. The van der Waals surface area contributed by atoms with Crippen LogP contribution in [0.25, 0.3) is 0 Å². The van der Waals surface area contributed by atoms with Gasteiger partial charge >= 0.3 is 5.97 Å². The lowest BCUT2D eigenvalue weighted by atomic mass is 10.1. The van der Waals surface area contributed by atoms with Crippen LogP contribution >= 0.6 is 0 Å². The highest BCUT2D eigenvalue weighted by molar-refractivity contribution is 5.73. The molecular weight excluding hydrogens is 194 g/mol. The smallest absolute Gasteiger partial charge is 0.320 e. The van der Waals surface area contributed by atoms with Crippen LogP contribution in [0.4, 0.5) is 5.82 Å². The molecule has 82 valence electrons. The molecule has 0 spiro atoms. The Morgan fingerprint density at radius 1 is 1.60 bits per heavy atom. The third-order valence-electron chi connectivity index (χ3n) is 2.04. The highest BCUT2D eigenvalue weighted by Crippen LogP contribution is 2.08. The largest absolute Gasteiger partial charge is 0.480 e. The Balaban J connectivity index is 2.68. The summed E-state index contributed by atoms with van der Waals surface area (Å²) in [5, 5.41) is 8.63. The molecule has 15 heavy (non-hydrogen) atoms. The Morgan fingerprint density at radius 3 is 2.67 bits per heavy atom. The Bertz CT molecular complexity index is 335. The number of aromatic nitrogens is 1. The second kappa shape index (κ2) is 4.75. The number of nitrogens with zero attached hydrogens (tertiary/aromatic N) is 2. The number of hydrogen-bond acceptors (Lipinski definition) is 4. The fraction of sp³-hybridized carbons (Fsp3) is 0.400. The topological polar surface area (TPSA) is 79.5 Å². The predicted molar refractivity (Wildman–Crippen MR) is 57.9 cm³/mol. The van der Waals surface area contributed by atoms with Gasteiger partial charge in [-0.25, -0.2) is 4.98 Å². The van der Waals surface area contributed by atoms with E-state index in [0.29, 0.717) is 6.42 Å². The van der Waals surface area contributed by atoms with Gasteiger partial charge in [0, 0.05) is 20.3 Å². The number of rotatable bonds is 4. The van der Waals surface area contributed by atoms with Crippen molar-refractivity contribution in [3.8, 4) is 0 Å². The first-order valence-electron chi connectivity index (χ1n) is 4.61. The number of carboxylic acids is 1. The molecule has 5 heteroatoms. The molecule has 0 aliphatic heterocycles. The number of anilines is 1. The highest BCUT2D eigenvalue weighted by Gasteiger charge is 2.12. The van der Waals surface area contributed by atoms with Gasteiger partial charge < -0.3 is 15.7 Å². The fourth-order valence-electron chi connectivity index (χ4n) is 1.14. The molecule has 1 unspecified atom stereocenters. The van der Waals surface area contributed by atoms with Crippen LogP contribution in [0.5, 0.6) is 0 Å². The lowest BCUT2D eigenvalue weighted by Gasteiger charge is -2.11. The molecule has 0 amide bonds. The molecule has 0 aliphatic rings. The Kier molecular flexibility index (Phi) is 3.62. The van der Waals surface area contributed by atoms with Crippen LogP contribution in [0, 0.1) is 0 Å². The van der Waals surface area contributed by atoms with E-state index < -0.39 is 12.0 Å². The molecular formula is C10H15N3O2. The zero-order valence-electron chi connectivity index (χ0n) is 8.84. The lowest BCUT2D eigenvalue weighted by molar-refractivity contribution is -0.138. The second-order valence-electron chi connectivity index (χ2n) is 3.57. The van der Waals surface area contributed by atoms with E-state index in [1.807, 2.05) is 31.1 Å². The first-order valence-corrected chi connectivity index (χ1v) is 4.61. The van der Waals surface area contributed by atoms with Crippen LogP contribution in [0.15, 0.2) is 18.3 Å². The van der Waals surface area contributed by atoms with Crippen molar-refractivity contribution in [1.29, 1.82) is 0 Å². The minimum atomic E-state index is -0.994. The minimum Gasteiger partial charge on any atom is -0.480 e. The summed E-state index contributed by atoms with van der Waals surface area (Å²) in [5.41, 5.74) is 6.24. The maximum atomic E-state index is 10.5. The monoisotopic (exact) mass is 209 g/mol. The third-order valence-corrected chi connectivity index (χ3v) is 2.04. The van der Waals surface area contributed by atoms with Crippen LogP contribution in [-0.2, 0) is 11.2 Å². The van der Waals surface area contributed by atoms with Crippen LogP contribution in [0.2, 0.25) is 0 Å². The third kappa shape index (κ3) is 3.21. The van der Waals surface area contributed by atoms with Crippen molar-refractivity contribution >= 4 is 11.8 Å². The summed E-state index contributed by atoms with van der Waals surface area (Å²) in [6.45, 7) is 0. The van der Waals surface area contributed by atoms with Crippen molar-refractivity contribution < 1.29 is 9.90 Å². The van der Waals surface area contributed by atoms with E-state index in [1.54, 1.807) is 6.20 Å². The molecule has 0 saturated carbocycles. The molecule has 0 aliphatic carbocycles. The molecule has 0 bridgehead atoms. The lowest BCUT2D eigenvalue weighted by Crippen LogP contribution is -2.32. The van der Waals surface area contributed by atoms with Crippen molar-refractivity contribution in [2.45, 2.75) is 12.5 Å². The standard InChI is InChI=1S/C10H15N3O2/c1-13(2)9-4-3-7(6-12-9)5-8(11)10(14)15/h3-4,6,8H,5,11H2,1-2H3,(H,14,15). The molecule has 5 nitrogen and oxygen atoms in total. The van der Waals surface area contributed by atoms with E-state index >= 15 is 0 Å². The number of aliphatic carboxylic acids is 1. The molecule has 0 radical (unpaired) electrons. The summed E-state index contributed by atoms with van der Waals surface area (Å²) in [7, 11) is 3.79. The maximum absolute atomic E-state index is 10.5. The average Bonchev–Trinajstić information content (AvgIpc) is 2.18. The summed E-state index contributed by atoms with van der Waals surface area (Å²) in [4.78, 5) is 16.6. The van der Waals surface area contributed by atoms with Gasteiger partial charge in [-0.3, -0.25) is 4.79 Å². The second-order valence-corrected chi connectivity index (χ2v) is 3.57. The molecule has 1 heterocycles. The van der Waals surface area contributed by atoms with E-state index in [-0.39, 0.29) is 0 Å². The molecule has 1 rings (SSSR count). The minimum absolute atomic E-state index is 0.302. The van der Waals surface area contributed by atoms with Gasteiger partial charge in [0.2, 0.25) is 0 Å². The van der Waals surface area contributed by atoms with Crippen molar-refractivity contribution in [2.24, 2.45) is 5.73 Å². The van der Waals surface area contributed by atoms with Gasteiger partial charge in [-0.2, -0.15) is 0 Å². The SMILES string of the molecule is CN(C)c1ccc(CC(N)C(=O)O)cn1. The van der Waals surface area contributed by atoms with Crippen LogP contribution in [-0.4, -0.2) is 36.2 Å². The number of pyridine rings is 1. The van der Waals surface area contributed by atoms with E-state index in [0.717, 1.165) is 11.4 Å². The maximum Gasteiger partial charge on any atom is 0.320 e. The van der Waals surface area contributed by atoms with Gasteiger partial charge in [0.05, 0.1) is 0 Å². The van der Waals surface area contributed by atoms with E-state index in [2.05, 4.69) is 4.98 Å². The first kappa shape index (κ1) is 11.5.